The fraction of sp³-hybridized carbons (Fsp3) is 0.333. The van der Waals surface area contributed by atoms with Gasteiger partial charge in [-0.25, -0.2) is 23.6 Å². The quantitative estimate of drug-likeness (QED) is 0.436. The average Bonchev–Trinajstić information content (AvgIpc) is 2.81. The summed E-state index contributed by atoms with van der Waals surface area (Å²) in [4.78, 5) is 27.1. The van der Waals surface area contributed by atoms with Crippen LogP contribution in [0.5, 0.6) is 0 Å². The van der Waals surface area contributed by atoms with Crippen LogP contribution in [0.1, 0.15) is 19.8 Å². The number of pyridine rings is 1. The van der Waals surface area contributed by atoms with Gasteiger partial charge in [0.2, 0.25) is 0 Å². The fourth-order valence-corrected chi connectivity index (χ4v) is 3.64. The molecule has 1 aromatic heterocycles. The third-order valence-corrected chi connectivity index (χ3v) is 5.33. The van der Waals surface area contributed by atoms with Crippen molar-refractivity contribution in [2.24, 2.45) is 9.98 Å². The molecular weight excluding hydrogens is 444 g/mol. The number of carboxylic acid groups (broad SMARTS) is 1. The van der Waals surface area contributed by atoms with Gasteiger partial charge in [0, 0.05) is 31.6 Å². The maximum Gasteiger partial charge on any atom is 0.329 e. The van der Waals surface area contributed by atoms with Crippen LogP contribution in [-0.2, 0) is 9.53 Å². The minimum absolute atomic E-state index is 0.150. The van der Waals surface area contributed by atoms with Crippen LogP contribution < -0.4 is 4.90 Å². The third kappa shape index (κ3) is 6.67. The highest BCUT2D eigenvalue weighted by Crippen LogP contribution is 2.30. The normalized spacial score (nSPS) is 16.3. The summed E-state index contributed by atoms with van der Waals surface area (Å²) in [6.07, 6.45) is 2.94. The van der Waals surface area contributed by atoms with Gasteiger partial charge in [-0.15, -0.1) is 0 Å². The molecule has 1 aliphatic rings. The Labute approximate surface area is 196 Å². The molecule has 0 unspecified atom stereocenters. The lowest BCUT2D eigenvalue weighted by atomic mass is 9.94. The monoisotopic (exact) mass is 471 g/mol. The molecule has 0 bridgehead atoms. The number of likely N-dealkylation sites (tertiary alicyclic amines) is 1. The number of benzene rings is 1. The highest BCUT2D eigenvalue weighted by Gasteiger charge is 2.35. The van der Waals surface area contributed by atoms with E-state index < -0.39 is 24.1 Å². The molecule has 0 amide bonds. The van der Waals surface area contributed by atoms with E-state index in [4.69, 9.17) is 14.8 Å². The summed E-state index contributed by atoms with van der Waals surface area (Å²) in [6, 6.07) is 12.3. The van der Waals surface area contributed by atoms with E-state index in [9.17, 15) is 9.18 Å². The molecule has 3 rings (SSSR count). The Morgan fingerprint density at radius 2 is 2.00 bits per heavy atom. The van der Waals surface area contributed by atoms with Crippen LogP contribution in [0.2, 0.25) is 0 Å². The van der Waals surface area contributed by atoms with Gasteiger partial charge in [-0.3, -0.25) is 9.89 Å². The van der Waals surface area contributed by atoms with Gasteiger partial charge in [0.15, 0.2) is 0 Å². The second-order valence-corrected chi connectivity index (χ2v) is 7.86. The zero-order chi connectivity index (χ0) is 24.6. The van der Waals surface area contributed by atoms with E-state index in [1.54, 1.807) is 17.9 Å². The summed E-state index contributed by atoms with van der Waals surface area (Å²) in [5.74, 6) is -0.0622. The number of aliphatic carboxylic acids is 1. The van der Waals surface area contributed by atoms with Crippen LogP contribution in [0.3, 0.4) is 0 Å². The Kier molecular flexibility index (Phi) is 8.42. The van der Waals surface area contributed by atoms with Crippen molar-refractivity contribution in [2.45, 2.75) is 25.4 Å². The van der Waals surface area contributed by atoms with Crippen molar-refractivity contribution in [3.05, 3.63) is 66.5 Å². The topological polar surface area (TPSA) is 90.6 Å². The number of rotatable bonds is 9. The number of amidine groups is 1. The average molecular weight is 472 g/mol. The summed E-state index contributed by atoms with van der Waals surface area (Å²) in [5.41, 5.74) is -0.823. The summed E-state index contributed by atoms with van der Waals surface area (Å²) < 4.78 is 33.5. The molecule has 1 fully saturated rings. The zero-order valence-corrected chi connectivity index (χ0v) is 18.9. The molecule has 1 saturated heterocycles. The van der Waals surface area contributed by atoms with E-state index in [1.807, 2.05) is 35.2 Å². The van der Waals surface area contributed by atoms with Crippen molar-refractivity contribution in [3.63, 3.8) is 0 Å². The van der Waals surface area contributed by atoms with Gasteiger partial charge in [0.25, 0.3) is 0 Å². The van der Waals surface area contributed by atoms with E-state index in [0.29, 0.717) is 30.6 Å². The zero-order valence-electron chi connectivity index (χ0n) is 18.9. The summed E-state index contributed by atoms with van der Waals surface area (Å²) in [6.45, 7) is 5.18. The molecule has 0 atom stereocenters. The van der Waals surface area contributed by atoms with E-state index >= 15 is 4.39 Å². The number of aliphatic imine (C=N–C) groups is 2. The first kappa shape index (κ1) is 25.0. The maximum absolute atomic E-state index is 15.0. The number of carbonyl (C=O) groups is 1. The van der Waals surface area contributed by atoms with Gasteiger partial charge in [0.1, 0.15) is 35.6 Å². The van der Waals surface area contributed by atoms with Crippen molar-refractivity contribution < 1.29 is 23.4 Å². The van der Waals surface area contributed by atoms with Crippen molar-refractivity contribution in [1.82, 2.24) is 9.88 Å². The van der Waals surface area contributed by atoms with Gasteiger partial charge >= 0.3 is 5.97 Å². The molecule has 1 aliphatic heterocycles. The number of piperidine rings is 1. The van der Waals surface area contributed by atoms with Crippen LogP contribution in [0.15, 0.2) is 70.7 Å². The van der Waals surface area contributed by atoms with Crippen LogP contribution >= 0.6 is 0 Å². The van der Waals surface area contributed by atoms with Crippen LogP contribution in [0.25, 0.3) is 0 Å². The van der Waals surface area contributed by atoms with Crippen molar-refractivity contribution in [1.29, 1.82) is 0 Å². The third-order valence-electron chi connectivity index (χ3n) is 5.33. The van der Waals surface area contributed by atoms with E-state index in [2.05, 4.69) is 16.7 Å². The number of nitrogens with zero attached hydrogens (tertiary/aromatic N) is 5. The fourth-order valence-electron chi connectivity index (χ4n) is 3.64. The predicted molar refractivity (Wildman–Crippen MR) is 127 cm³/mol. The molecule has 10 heteroatoms. The summed E-state index contributed by atoms with van der Waals surface area (Å²) >= 11 is 0. The lowest BCUT2D eigenvalue weighted by Gasteiger charge is -2.37. The summed E-state index contributed by atoms with van der Waals surface area (Å²) in [5, 5.41) is 8.69. The molecule has 2 heterocycles. The van der Waals surface area contributed by atoms with Gasteiger partial charge in [0.05, 0.1) is 19.0 Å². The van der Waals surface area contributed by atoms with Gasteiger partial charge in [-0.2, -0.15) is 0 Å². The van der Waals surface area contributed by atoms with Crippen molar-refractivity contribution in [2.75, 3.05) is 31.2 Å². The van der Waals surface area contributed by atoms with E-state index in [0.717, 1.165) is 11.9 Å². The molecule has 34 heavy (non-hydrogen) atoms. The second-order valence-electron chi connectivity index (χ2n) is 7.86. The molecule has 1 aromatic carbocycles. The molecule has 8 nitrogen and oxygen atoms in total. The van der Waals surface area contributed by atoms with Crippen LogP contribution in [-0.4, -0.2) is 65.5 Å². The number of para-hydroxylation sites is 1. The second kappa shape index (κ2) is 11.5. The molecule has 2 aromatic rings. The van der Waals surface area contributed by atoms with Crippen LogP contribution in [0.4, 0.5) is 20.3 Å². The SMILES string of the molecule is C=N/C=C(\N=C(C)N(c1ccccc1)c1ccc(F)cn1)N1CCC(F)(COCC(=O)O)CC1. The molecule has 0 radical (unpaired) electrons. The first-order valence-corrected chi connectivity index (χ1v) is 10.7. The first-order chi connectivity index (χ1) is 16.3. The number of ether oxygens (including phenoxy) is 1. The van der Waals surface area contributed by atoms with Crippen molar-refractivity contribution in [3.8, 4) is 0 Å². The molecule has 0 aliphatic carbocycles. The predicted octanol–water partition coefficient (Wildman–Crippen LogP) is 4.18. The minimum Gasteiger partial charge on any atom is -0.480 e. The Bertz CT molecular complexity index is 1040. The largest absolute Gasteiger partial charge is 0.480 e. The summed E-state index contributed by atoms with van der Waals surface area (Å²) in [7, 11) is 0. The highest BCUT2D eigenvalue weighted by atomic mass is 19.1. The molecule has 180 valence electrons. The Hall–Kier alpha value is -3.66. The first-order valence-electron chi connectivity index (χ1n) is 10.7. The number of hydrogen-bond donors (Lipinski definition) is 1. The van der Waals surface area contributed by atoms with Crippen LogP contribution in [0, 0.1) is 5.82 Å². The highest BCUT2D eigenvalue weighted by molar-refractivity contribution is 6.02. The lowest BCUT2D eigenvalue weighted by Crippen LogP contribution is -2.44. The van der Waals surface area contributed by atoms with E-state index in [-0.39, 0.29) is 19.4 Å². The van der Waals surface area contributed by atoms with Gasteiger partial charge < -0.3 is 14.7 Å². The lowest BCUT2D eigenvalue weighted by molar-refractivity contribution is -0.144. The minimum atomic E-state index is -1.61. The van der Waals surface area contributed by atoms with E-state index in [1.165, 1.54) is 12.3 Å². The number of carboxylic acids is 1. The molecular formula is C24H27F2N5O3. The van der Waals surface area contributed by atoms with Gasteiger partial charge in [-0.05, 0) is 37.9 Å². The number of halogens is 2. The molecule has 0 spiro atoms. The van der Waals surface area contributed by atoms with Gasteiger partial charge in [-0.1, -0.05) is 18.2 Å². The number of aromatic nitrogens is 1. The standard InChI is InChI=1S/C24H27F2N5O3/c1-18(31(20-6-4-3-5-7-20)21-9-8-19(25)14-28-21)29-22(15-27-2)30-12-10-24(26,11-13-30)17-34-16-23(32)33/h3-9,14-15H,2,10-13,16-17H2,1H3,(H,32,33)/b22-15+,29-18?. The Morgan fingerprint density at radius 1 is 1.29 bits per heavy atom. The Balaban J connectivity index is 1.81. The number of hydrogen-bond acceptors (Lipinski definition) is 6. The van der Waals surface area contributed by atoms with Crippen molar-refractivity contribution >= 4 is 30.0 Å². The number of alkyl halides is 1. The Morgan fingerprint density at radius 3 is 2.59 bits per heavy atom. The maximum atomic E-state index is 15.0. The smallest absolute Gasteiger partial charge is 0.329 e. The number of anilines is 2. The molecule has 0 saturated carbocycles. The molecule has 1 N–H and O–H groups in total.